The molecule has 0 aromatic rings. The summed E-state index contributed by atoms with van der Waals surface area (Å²) in [5.74, 6) is -0.724. The zero-order valence-electron chi connectivity index (χ0n) is 6.07. The molecule has 0 fully saturated rings. The van der Waals surface area contributed by atoms with Crippen LogP contribution in [0.2, 0.25) is 0 Å². The Morgan fingerprint density at radius 1 is 1.64 bits per heavy atom. The van der Waals surface area contributed by atoms with Crippen molar-refractivity contribution in [1.29, 1.82) is 0 Å². The lowest BCUT2D eigenvalue weighted by Crippen LogP contribution is -2.49. The molecule has 0 radical (unpaired) electrons. The molecule has 1 aliphatic rings. The predicted octanol–water partition coefficient (Wildman–Crippen LogP) is -0.479. The summed E-state index contributed by atoms with van der Waals surface area (Å²) in [6.07, 6.45) is 6.01. The molecule has 60 valence electrons. The third kappa shape index (κ3) is 1.40. The van der Waals surface area contributed by atoms with Gasteiger partial charge in [-0.3, -0.25) is 0 Å². The first-order valence-corrected chi connectivity index (χ1v) is 3.12. The maximum absolute atomic E-state index is 10.9. The van der Waals surface area contributed by atoms with Crippen molar-refractivity contribution >= 4 is 5.97 Å². The van der Waals surface area contributed by atoms with Crippen molar-refractivity contribution in [1.82, 2.24) is 5.32 Å². The first kappa shape index (κ1) is 7.81. The van der Waals surface area contributed by atoms with Crippen LogP contribution < -0.4 is 5.32 Å². The van der Waals surface area contributed by atoms with Crippen molar-refractivity contribution in [3.63, 3.8) is 0 Å². The van der Waals surface area contributed by atoms with E-state index in [1.165, 1.54) is 19.4 Å². The zero-order chi connectivity index (χ0) is 8.32. The summed E-state index contributed by atoms with van der Waals surface area (Å²) in [7, 11) is 1.22. The van der Waals surface area contributed by atoms with Crippen LogP contribution in [-0.2, 0) is 9.53 Å². The first-order chi connectivity index (χ1) is 5.19. The van der Waals surface area contributed by atoms with Gasteiger partial charge in [-0.2, -0.15) is 0 Å². The second kappa shape index (κ2) is 2.75. The Balaban J connectivity index is 2.75. The van der Waals surface area contributed by atoms with E-state index in [1.807, 2.05) is 0 Å². The number of carbonyl (C=O) groups is 1. The maximum atomic E-state index is 10.9. The Morgan fingerprint density at radius 3 is 2.82 bits per heavy atom. The van der Waals surface area contributed by atoms with Gasteiger partial charge >= 0.3 is 5.97 Å². The molecule has 11 heavy (non-hydrogen) atoms. The fourth-order valence-electron chi connectivity index (χ4n) is 0.756. The predicted molar refractivity (Wildman–Crippen MR) is 38.4 cm³/mol. The molecule has 0 aliphatic carbocycles. The fraction of sp³-hybridized carbons (Fsp3) is 0.286. The largest absolute Gasteiger partial charge is 0.465 e. The molecule has 0 saturated carbocycles. The fourth-order valence-corrected chi connectivity index (χ4v) is 0.756. The molecule has 4 heteroatoms. The van der Waals surface area contributed by atoms with Gasteiger partial charge in [0.2, 0.25) is 0 Å². The Morgan fingerprint density at radius 2 is 2.36 bits per heavy atom. The van der Waals surface area contributed by atoms with Gasteiger partial charge in [-0.1, -0.05) is 6.08 Å². The number of hydrogen-bond acceptors (Lipinski definition) is 4. The number of rotatable bonds is 1. The summed E-state index contributed by atoms with van der Waals surface area (Å²) < 4.78 is 4.36. The average Bonchev–Trinajstić information content (AvgIpc) is 2.04. The molecule has 1 aliphatic heterocycles. The summed E-state index contributed by atoms with van der Waals surface area (Å²) in [6.45, 7) is 0. The van der Waals surface area contributed by atoms with Crippen LogP contribution in [-0.4, -0.2) is 23.9 Å². The minimum Gasteiger partial charge on any atom is -0.465 e. The molecule has 0 saturated heterocycles. The molecule has 0 spiro atoms. The number of hydrogen-bond donors (Lipinski definition) is 2. The van der Waals surface area contributed by atoms with Gasteiger partial charge in [-0.05, 0) is 18.4 Å². The molecule has 1 unspecified atom stereocenters. The standard InChI is InChI=1S/C7H9NO3/c1-11-6(9)7(10)4-2-3-5-8-7/h2-5,8,10H,1H3. The Hall–Kier alpha value is -1.29. The maximum Gasteiger partial charge on any atom is 0.363 e. The zero-order valence-corrected chi connectivity index (χ0v) is 6.07. The molecule has 0 aromatic carbocycles. The lowest BCUT2D eigenvalue weighted by molar-refractivity contribution is -0.159. The van der Waals surface area contributed by atoms with Crippen molar-refractivity contribution in [2.75, 3.05) is 7.11 Å². The quantitative estimate of drug-likeness (QED) is 0.502. The molecule has 2 N–H and O–H groups in total. The van der Waals surface area contributed by atoms with E-state index in [4.69, 9.17) is 0 Å². The van der Waals surface area contributed by atoms with Crippen LogP contribution in [0.15, 0.2) is 24.4 Å². The molecule has 1 heterocycles. The lowest BCUT2D eigenvalue weighted by Gasteiger charge is -2.23. The first-order valence-electron chi connectivity index (χ1n) is 3.12. The number of methoxy groups -OCH3 is 1. The number of ether oxygens (including phenoxy) is 1. The molecular formula is C7H9NO3. The van der Waals surface area contributed by atoms with Gasteiger partial charge in [0.1, 0.15) is 0 Å². The minimum absolute atomic E-state index is 0.724. The van der Waals surface area contributed by atoms with Crippen LogP contribution in [0, 0.1) is 0 Å². The van der Waals surface area contributed by atoms with Gasteiger partial charge in [0.05, 0.1) is 7.11 Å². The molecule has 1 rings (SSSR count). The lowest BCUT2D eigenvalue weighted by atomic mass is 10.1. The van der Waals surface area contributed by atoms with Crippen molar-refractivity contribution in [2.45, 2.75) is 5.72 Å². The number of carbonyl (C=O) groups excluding carboxylic acids is 1. The van der Waals surface area contributed by atoms with Gasteiger partial charge in [-0.15, -0.1) is 0 Å². The minimum atomic E-state index is -1.69. The number of allylic oxidation sites excluding steroid dienone is 2. The normalized spacial score (nSPS) is 27.8. The molecule has 0 amide bonds. The van der Waals surface area contributed by atoms with Gasteiger partial charge < -0.3 is 15.2 Å². The van der Waals surface area contributed by atoms with Crippen molar-refractivity contribution < 1.29 is 14.6 Å². The van der Waals surface area contributed by atoms with Crippen LogP contribution in [0.1, 0.15) is 0 Å². The van der Waals surface area contributed by atoms with E-state index in [0.29, 0.717) is 0 Å². The van der Waals surface area contributed by atoms with Crippen molar-refractivity contribution in [2.24, 2.45) is 0 Å². The third-order valence-electron chi connectivity index (χ3n) is 1.34. The monoisotopic (exact) mass is 155 g/mol. The van der Waals surface area contributed by atoms with Crippen LogP contribution in [0.5, 0.6) is 0 Å². The van der Waals surface area contributed by atoms with E-state index in [-0.39, 0.29) is 0 Å². The van der Waals surface area contributed by atoms with Crippen molar-refractivity contribution in [3.05, 3.63) is 24.4 Å². The Kier molecular flexibility index (Phi) is 1.96. The highest BCUT2D eigenvalue weighted by molar-refractivity contribution is 5.81. The van der Waals surface area contributed by atoms with E-state index in [0.717, 1.165) is 0 Å². The topological polar surface area (TPSA) is 58.6 Å². The van der Waals surface area contributed by atoms with Crippen LogP contribution >= 0.6 is 0 Å². The van der Waals surface area contributed by atoms with E-state index in [1.54, 1.807) is 12.2 Å². The highest BCUT2D eigenvalue weighted by Crippen LogP contribution is 2.08. The third-order valence-corrected chi connectivity index (χ3v) is 1.34. The summed E-state index contributed by atoms with van der Waals surface area (Å²) in [4.78, 5) is 10.9. The van der Waals surface area contributed by atoms with Crippen molar-refractivity contribution in [3.8, 4) is 0 Å². The van der Waals surface area contributed by atoms with E-state index in [2.05, 4.69) is 10.1 Å². The van der Waals surface area contributed by atoms with Crippen LogP contribution in [0.3, 0.4) is 0 Å². The molecule has 0 aromatic heterocycles. The molecule has 4 nitrogen and oxygen atoms in total. The SMILES string of the molecule is COC(=O)C1(O)C=CC=CN1. The van der Waals surface area contributed by atoms with Gasteiger partial charge in [0.15, 0.2) is 0 Å². The van der Waals surface area contributed by atoms with E-state index < -0.39 is 11.7 Å². The van der Waals surface area contributed by atoms with E-state index >= 15 is 0 Å². The summed E-state index contributed by atoms with van der Waals surface area (Å²) >= 11 is 0. The van der Waals surface area contributed by atoms with Crippen LogP contribution in [0.25, 0.3) is 0 Å². The number of nitrogens with one attached hydrogen (secondary N) is 1. The smallest absolute Gasteiger partial charge is 0.363 e. The molecule has 0 bridgehead atoms. The Labute approximate surface area is 64.2 Å². The summed E-state index contributed by atoms with van der Waals surface area (Å²) in [6, 6.07) is 0. The van der Waals surface area contributed by atoms with E-state index in [9.17, 15) is 9.90 Å². The highest BCUT2D eigenvalue weighted by atomic mass is 16.5. The molecular weight excluding hydrogens is 146 g/mol. The molecule has 1 atom stereocenters. The summed E-state index contributed by atoms with van der Waals surface area (Å²) in [5, 5.41) is 11.9. The number of aliphatic hydroxyl groups is 1. The highest BCUT2D eigenvalue weighted by Gasteiger charge is 2.33. The second-order valence-electron chi connectivity index (χ2n) is 2.12. The number of esters is 1. The van der Waals surface area contributed by atoms with Gasteiger partial charge in [-0.25, -0.2) is 4.79 Å². The average molecular weight is 155 g/mol. The van der Waals surface area contributed by atoms with Gasteiger partial charge in [0, 0.05) is 0 Å². The van der Waals surface area contributed by atoms with Gasteiger partial charge in [0.25, 0.3) is 5.72 Å². The van der Waals surface area contributed by atoms with Crippen LogP contribution in [0.4, 0.5) is 0 Å². The Bertz CT molecular complexity index is 222. The second-order valence-corrected chi connectivity index (χ2v) is 2.12. The summed E-state index contributed by atoms with van der Waals surface area (Å²) in [5.41, 5.74) is -1.69. The number of dihydropyridines is 1.